The molecule has 0 saturated heterocycles. The quantitative estimate of drug-likeness (QED) is 0.677. The Morgan fingerprint density at radius 2 is 1.78 bits per heavy atom. The Labute approximate surface area is 144 Å². The van der Waals surface area contributed by atoms with E-state index in [0.717, 1.165) is 6.42 Å². The van der Waals surface area contributed by atoms with Gasteiger partial charge in [0.2, 0.25) is 5.91 Å². The van der Waals surface area contributed by atoms with Gasteiger partial charge in [0.15, 0.2) is 0 Å². The summed E-state index contributed by atoms with van der Waals surface area (Å²) in [5.41, 5.74) is 6.23. The predicted octanol–water partition coefficient (Wildman–Crippen LogP) is 2.11. The number of hydrogen-bond donors (Lipinski definition) is 3. The van der Waals surface area contributed by atoms with E-state index in [1.54, 1.807) is 24.3 Å². The molecule has 0 aliphatic heterocycles. The minimum Gasteiger partial charge on any atom is -0.354 e. The van der Waals surface area contributed by atoms with Crippen molar-refractivity contribution in [3.8, 4) is 0 Å². The molecule has 2 amide bonds. The standard InChI is InChI=1S/C17H27N3O2.ClH/c1-4-12(2)15(17(22)19-11-10-13(3)18)20-16(21)14-8-6-5-7-9-14;/h5-9,12-13,15H,4,10-11,18H2,1-3H3,(H,19,22)(H,20,21);1H. The van der Waals surface area contributed by atoms with Gasteiger partial charge in [-0.15, -0.1) is 12.4 Å². The summed E-state index contributed by atoms with van der Waals surface area (Å²) >= 11 is 0. The monoisotopic (exact) mass is 341 g/mol. The third-order valence-corrected chi connectivity index (χ3v) is 3.72. The van der Waals surface area contributed by atoms with E-state index in [2.05, 4.69) is 10.6 Å². The van der Waals surface area contributed by atoms with Crippen molar-refractivity contribution in [3.05, 3.63) is 35.9 Å². The Balaban J connectivity index is 0.00000484. The van der Waals surface area contributed by atoms with Gasteiger partial charge in [-0.2, -0.15) is 0 Å². The number of carbonyl (C=O) groups is 2. The predicted molar refractivity (Wildman–Crippen MR) is 95.7 cm³/mol. The number of nitrogens with two attached hydrogens (primary N) is 1. The van der Waals surface area contributed by atoms with Gasteiger partial charge < -0.3 is 16.4 Å². The van der Waals surface area contributed by atoms with Crippen LogP contribution in [0.25, 0.3) is 0 Å². The summed E-state index contributed by atoms with van der Waals surface area (Å²) in [4.78, 5) is 24.6. The van der Waals surface area contributed by atoms with Crippen LogP contribution in [0.5, 0.6) is 0 Å². The van der Waals surface area contributed by atoms with E-state index < -0.39 is 6.04 Å². The van der Waals surface area contributed by atoms with Gasteiger partial charge in [0.1, 0.15) is 6.04 Å². The van der Waals surface area contributed by atoms with E-state index in [-0.39, 0.29) is 36.2 Å². The van der Waals surface area contributed by atoms with Crippen LogP contribution in [0.15, 0.2) is 30.3 Å². The maximum Gasteiger partial charge on any atom is 0.251 e. The molecule has 5 nitrogen and oxygen atoms in total. The molecule has 1 rings (SSSR count). The average molecular weight is 342 g/mol. The largest absolute Gasteiger partial charge is 0.354 e. The van der Waals surface area contributed by atoms with Crippen molar-refractivity contribution in [2.45, 2.75) is 45.7 Å². The number of halogens is 1. The van der Waals surface area contributed by atoms with E-state index in [1.165, 1.54) is 0 Å². The van der Waals surface area contributed by atoms with Gasteiger partial charge in [0.05, 0.1) is 0 Å². The second-order valence-corrected chi connectivity index (χ2v) is 5.76. The highest BCUT2D eigenvalue weighted by atomic mass is 35.5. The molecule has 1 aromatic carbocycles. The molecular weight excluding hydrogens is 314 g/mol. The van der Waals surface area contributed by atoms with E-state index in [0.29, 0.717) is 18.5 Å². The second kappa shape index (κ2) is 11.0. The molecule has 0 radical (unpaired) electrons. The molecule has 0 aliphatic carbocycles. The maximum atomic E-state index is 12.3. The first-order valence-corrected chi connectivity index (χ1v) is 7.84. The van der Waals surface area contributed by atoms with Gasteiger partial charge in [0, 0.05) is 18.2 Å². The second-order valence-electron chi connectivity index (χ2n) is 5.76. The van der Waals surface area contributed by atoms with Crippen LogP contribution < -0.4 is 16.4 Å². The number of benzene rings is 1. The van der Waals surface area contributed by atoms with Crippen LogP contribution in [0, 0.1) is 5.92 Å². The van der Waals surface area contributed by atoms with E-state index >= 15 is 0 Å². The fourth-order valence-corrected chi connectivity index (χ4v) is 2.05. The highest BCUT2D eigenvalue weighted by molar-refractivity contribution is 5.97. The van der Waals surface area contributed by atoms with Crippen molar-refractivity contribution in [2.75, 3.05) is 6.54 Å². The maximum absolute atomic E-state index is 12.3. The molecule has 0 spiro atoms. The zero-order valence-electron chi connectivity index (χ0n) is 14.0. The molecule has 0 aliphatic rings. The lowest BCUT2D eigenvalue weighted by Crippen LogP contribution is -2.50. The zero-order chi connectivity index (χ0) is 16.5. The highest BCUT2D eigenvalue weighted by Crippen LogP contribution is 2.09. The van der Waals surface area contributed by atoms with E-state index in [9.17, 15) is 9.59 Å². The first-order chi connectivity index (χ1) is 10.5. The van der Waals surface area contributed by atoms with Crippen LogP contribution in [-0.2, 0) is 4.79 Å². The molecule has 6 heteroatoms. The Bertz CT molecular complexity index is 480. The molecule has 23 heavy (non-hydrogen) atoms. The normalized spacial score (nSPS) is 14.1. The molecule has 0 bridgehead atoms. The molecule has 1 aromatic rings. The summed E-state index contributed by atoms with van der Waals surface area (Å²) in [6, 6.07) is 8.43. The lowest BCUT2D eigenvalue weighted by Gasteiger charge is -2.23. The van der Waals surface area contributed by atoms with Crippen LogP contribution in [0.4, 0.5) is 0 Å². The highest BCUT2D eigenvalue weighted by Gasteiger charge is 2.25. The summed E-state index contributed by atoms with van der Waals surface area (Å²) < 4.78 is 0. The Morgan fingerprint density at radius 3 is 2.30 bits per heavy atom. The third-order valence-electron chi connectivity index (χ3n) is 3.72. The number of nitrogens with one attached hydrogen (secondary N) is 2. The minimum atomic E-state index is -0.536. The van der Waals surface area contributed by atoms with Gasteiger partial charge in [0.25, 0.3) is 5.91 Å². The molecule has 3 atom stereocenters. The Hall–Kier alpha value is -1.59. The van der Waals surface area contributed by atoms with Gasteiger partial charge in [-0.1, -0.05) is 38.5 Å². The fraction of sp³-hybridized carbons (Fsp3) is 0.529. The SMILES string of the molecule is CCC(C)C(NC(=O)c1ccccc1)C(=O)NCCC(C)N.Cl. The van der Waals surface area contributed by atoms with Crippen LogP contribution in [-0.4, -0.2) is 30.4 Å². The molecule has 0 saturated carbocycles. The van der Waals surface area contributed by atoms with Crippen molar-refractivity contribution in [2.24, 2.45) is 11.7 Å². The number of amides is 2. The topological polar surface area (TPSA) is 84.2 Å². The number of hydrogen-bond acceptors (Lipinski definition) is 3. The lowest BCUT2D eigenvalue weighted by atomic mass is 9.97. The average Bonchev–Trinajstić information content (AvgIpc) is 2.51. The zero-order valence-corrected chi connectivity index (χ0v) is 14.9. The van der Waals surface area contributed by atoms with Crippen LogP contribution in [0.1, 0.15) is 44.0 Å². The van der Waals surface area contributed by atoms with Crippen LogP contribution >= 0.6 is 12.4 Å². The van der Waals surface area contributed by atoms with Crippen LogP contribution in [0.2, 0.25) is 0 Å². The fourth-order valence-electron chi connectivity index (χ4n) is 2.05. The summed E-state index contributed by atoms with van der Waals surface area (Å²) in [6.45, 7) is 6.38. The van der Waals surface area contributed by atoms with Gasteiger partial charge in [-0.25, -0.2) is 0 Å². The van der Waals surface area contributed by atoms with E-state index in [4.69, 9.17) is 5.73 Å². The molecule has 0 fully saturated rings. The molecule has 0 aromatic heterocycles. The van der Waals surface area contributed by atoms with Crippen molar-refractivity contribution < 1.29 is 9.59 Å². The summed E-state index contributed by atoms with van der Waals surface area (Å²) in [6.07, 6.45) is 1.52. The van der Waals surface area contributed by atoms with Crippen molar-refractivity contribution in [3.63, 3.8) is 0 Å². The molecular formula is C17H28ClN3O2. The molecule has 4 N–H and O–H groups in total. The number of rotatable bonds is 8. The Morgan fingerprint density at radius 1 is 1.17 bits per heavy atom. The van der Waals surface area contributed by atoms with Crippen molar-refractivity contribution in [1.29, 1.82) is 0 Å². The first-order valence-electron chi connectivity index (χ1n) is 7.84. The Kier molecular flexibility index (Phi) is 10.3. The van der Waals surface area contributed by atoms with Crippen LogP contribution in [0.3, 0.4) is 0 Å². The number of carbonyl (C=O) groups excluding carboxylic acids is 2. The van der Waals surface area contributed by atoms with Gasteiger partial charge >= 0.3 is 0 Å². The lowest BCUT2D eigenvalue weighted by molar-refractivity contribution is -0.124. The van der Waals surface area contributed by atoms with Gasteiger partial charge in [-0.3, -0.25) is 9.59 Å². The summed E-state index contributed by atoms with van der Waals surface area (Å²) in [5.74, 6) is -0.324. The van der Waals surface area contributed by atoms with Crippen molar-refractivity contribution in [1.82, 2.24) is 10.6 Å². The molecule has 130 valence electrons. The summed E-state index contributed by atoms with van der Waals surface area (Å²) in [5, 5.41) is 5.69. The smallest absolute Gasteiger partial charge is 0.251 e. The summed E-state index contributed by atoms with van der Waals surface area (Å²) in [7, 11) is 0. The first kappa shape index (κ1) is 21.4. The third kappa shape index (κ3) is 7.48. The molecule has 0 heterocycles. The van der Waals surface area contributed by atoms with Crippen molar-refractivity contribution >= 4 is 24.2 Å². The minimum absolute atomic E-state index is 0. The molecule has 3 unspecified atom stereocenters. The van der Waals surface area contributed by atoms with E-state index in [1.807, 2.05) is 26.8 Å². The van der Waals surface area contributed by atoms with Gasteiger partial charge in [-0.05, 0) is 31.4 Å².